The van der Waals surface area contributed by atoms with E-state index in [2.05, 4.69) is 0 Å². The zero-order chi connectivity index (χ0) is 8.60. The number of hydrogen-bond donors (Lipinski definition) is 1. The van der Waals surface area contributed by atoms with E-state index in [1.54, 1.807) is 18.0 Å². The Hall–Kier alpha value is -0.410. The number of rotatable bonds is 1. The third-order valence-corrected chi connectivity index (χ3v) is 3.80. The van der Waals surface area contributed by atoms with E-state index in [-0.39, 0.29) is 5.25 Å². The molecule has 2 rings (SSSR count). The quantitative estimate of drug-likeness (QED) is 0.724. The summed E-state index contributed by atoms with van der Waals surface area (Å²) in [5.74, 6) is 1.72. The van der Waals surface area contributed by atoms with E-state index >= 15 is 0 Å². The Labute approximate surface area is 76.0 Å². The molecule has 66 valence electrons. The van der Waals surface area contributed by atoms with Crippen LogP contribution in [0.15, 0.2) is 22.8 Å². The Morgan fingerprint density at radius 3 is 3.08 bits per heavy atom. The molecule has 0 aliphatic carbocycles. The van der Waals surface area contributed by atoms with E-state index in [0.29, 0.717) is 5.76 Å². The van der Waals surface area contributed by atoms with E-state index in [1.807, 2.05) is 19.1 Å². The Bertz CT molecular complexity index is 258. The average Bonchev–Trinajstić information content (AvgIpc) is 2.62. The molecule has 0 spiro atoms. The maximum Gasteiger partial charge on any atom is 0.136 e. The van der Waals surface area contributed by atoms with Gasteiger partial charge in [0.2, 0.25) is 0 Å². The monoisotopic (exact) mass is 184 g/mol. The molecule has 1 aliphatic heterocycles. The van der Waals surface area contributed by atoms with Crippen molar-refractivity contribution in [2.24, 2.45) is 0 Å². The molecule has 0 aromatic carbocycles. The molecule has 12 heavy (non-hydrogen) atoms. The van der Waals surface area contributed by atoms with Crippen molar-refractivity contribution < 1.29 is 9.52 Å². The molecule has 1 aromatic heterocycles. The van der Waals surface area contributed by atoms with Gasteiger partial charge in [0, 0.05) is 5.25 Å². The van der Waals surface area contributed by atoms with Crippen LogP contribution in [0.5, 0.6) is 0 Å². The van der Waals surface area contributed by atoms with Crippen molar-refractivity contribution in [3.8, 4) is 0 Å². The first kappa shape index (κ1) is 8.20. The highest BCUT2D eigenvalue weighted by Gasteiger charge is 2.42. The summed E-state index contributed by atoms with van der Waals surface area (Å²) in [7, 11) is 0. The van der Waals surface area contributed by atoms with Gasteiger partial charge in [0.1, 0.15) is 11.4 Å². The summed E-state index contributed by atoms with van der Waals surface area (Å²) in [6.07, 6.45) is 2.41. The summed E-state index contributed by atoms with van der Waals surface area (Å²) in [4.78, 5) is 0. The van der Waals surface area contributed by atoms with Gasteiger partial charge in [-0.2, -0.15) is 11.8 Å². The number of hydrogen-bond acceptors (Lipinski definition) is 3. The van der Waals surface area contributed by atoms with Crippen LogP contribution in [0, 0.1) is 0 Å². The van der Waals surface area contributed by atoms with E-state index in [9.17, 15) is 5.11 Å². The maximum atomic E-state index is 10.2. The second-order valence-corrected chi connectivity index (χ2v) is 4.61. The van der Waals surface area contributed by atoms with Gasteiger partial charge < -0.3 is 9.52 Å². The van der Waals surface area contributed by atoms with Crippen LogP contribution in [0.25, 0.3) is 0 Å². The average molecular weight is 184 g/mol. The molecule has 1 aromatic rings. The summed E-state index contributed by atoms with van der Waals surface area (Å²) in [6, 6.07) is 3.67. The van der Waals surface area contributed by atoms with Crippen LogP contribution in [0.2, 0.25) is 0 Å². The lowest BCUT2D eigenvalue weighted by Crippen LogP contribution is -2.30. The fraction of sp³-hybridized carbons (Fsp3) is 0.556. The van der Waals surface area contributed by atoms with Gasteiger partial charge in [-0.05, 0) is 24.3 Å². The first-order valence-electron chi connectivity index (χ1n) is 4.11. The Balaban J connectivity index is 2.32. The smallest absolute Gasteiger partial charge is 0.136 e. The van der Waals surface area contributed by atoms with Crippen LogP contribution >= 0.6 is 11.8 Å². The van der Waals surface area contributed by atoms with Crippen molar-refractivity contribution in [2.45, 2.75) is 24.2 Å². The van der Waals surface area contributed by atoms with Crippen LogP contribution in [0.1, 0.15) is 19.1 Å². The van der Waals surface area contributed by atoms with Crippen molar-refractivity contribution >= 4 is 11.8 Å². The largest absolute Gasteiger partial charge is 0.466 e. The van der Waals surface area contributed by atoms with Crippen LogP contribution in [-0.4, -0.2) is 16.1 Å². The predicted octanol–water partition coefficient (Wildman–Crippen LogP) is 1.99. The van der Waals surface area contributed by atoms with E-state index < -0.39 is 5.60 Å². The molecule has 2 nitrogen and oxygen atoms in total. The third kappa shape index (κ3) is 1.08. The van der Waals surface area contributed by atoms with Crippen LogP contribution in [0.4, 0.5) is 0 Å². The summed E-state index contributed by atoms with van der Waals surface area (Å²) in [6.45, 7) is 2.04. The Kier molecular flexibility index (Phi) is 1.93. The number of thioether (sulfide) groups is 1. The molecular weight excluding hydrogens is 172 g/mol. The molecule has 2 unspecified atom stereocenters. The summed E-state index contributed by atoms with van der Waals surface area (Å²) >= 11 is 1.79. The van der Waals surface area contributed by atoms with Gasteiger partial charge in [-0.15, -0.1) is 0 Å². The topological polar surface area (TPSA) is 33.4 Å². The van der Waals surface area contributed by atoms with Crippen LogP contribution < -0.4 is 0 Å². The van der Waals surface area contributed by atoms with Crippen LogP contribution in [0.3, 0.4) is 0 Å². The van der Waals surface area contributed by atoms with Crippen molar-refractivity contribution in [1.29, 1.82) is 0 Å². The maximum absolute atomic E-state index is 10.2. The van der Waals surface area contributed by atoms with Crippen molar-refractivity contribution in [3.05, 3.63) is 24.2 Å². The van der Waals surface area contributed by atoms with Gasteiger partial charge in [-0.3, -0.25) is 0 Å². The number of aliphatic hydroxyl groups is 1. The van der Waals surface area contributed by atoms with E-state index in [1.165, 1.54) is 0 Å². The minimum absolute atomic E-state index is 0.239. The zero-order valence-electron chi connectivity index (χ0n) is 6.99. The summed E-state index contributed by atoms with van der Waals surface area (Å²) in [5.41, 5.74) is -0.728. The standard InChI is InChI=1S/C9H12O2S/c1-7-9(10,4-6-12-7)8-3-2-5-11-8/h2-3,5,7,10H,4,6H2,1H3. The van der Waals surface area contributed by atoms with Gasteiger partial charge in [0.05, 0.1) is 6.26 Å². The highest BCUT2D eigenvalue weighted by Crippen LogP contribution is 2.42. The minimum atomic E-state index is -0.728. The molecule has 2 atom stereocenters. The highest BCUT2D eigenvalue weighted by molar-refractivity contribution is 8.00. The molecular formula is C9H12O2S. The van der Waals surface area contributed by atoms with Crippen molar-refractivity contribution in [2.75, 3.05) is 5.75 Å². The van der Waals surface area contributed by atoms with Gasteiger partial charge in [0.15, 0.2) is 0 Å². The van der Waals surface area contributed by atoms with Gasteiger partial charge in [0.25, 0.3) is 0 Å². The molecule has 3 heteroatoms. The fourth-order valence-corrected chi connectivity index (χ4v) is 2.87. The predicted molar refractivity (Wildman–Crippen MR) is 49.1 cm³/mol. The van der Waals surface area contributed by atoms with E-state index in [4.69, 9.17) is 4.42 Å². The first-order chi connectivity index (χ1) is 5.73. The molecule has 1 aliphatic rings. The minimum Gasteiger partial charge on any atom is -0.466 e. The lowest BCUT2D eigenvalue weighted by Gasteiger charge is -2.23. The van der Waals surface area contributed by atoms with E-state index in [0.717, 1.165) is 12.2 Å². The summed E-state index contributed by atoms with van der Waals surface area (Å²) < 4.78 is 5.23. The lowest BCUT2D eigenvalue weighted by atomic mass is 9.94. The summed E-state index contributed by atoms with van der Waals surface area (Å²) in [5, 5.41) is 10.4. The first-order valence-corrected chi connectivity index (χ1v) is 5.16. The number of furan rings is 1. The fourth-order valence-electron chi connectivity index (χ4n) is 1.58. The van der Waals surface area contributed by atoms with Gasteiger partial charge in [-0.1, -0.05) is 6.92 Å². The van der Waals surface area contributed by atoms with Gasteiger partial charge >= 0.3 is 0 Å². The molecule has 2 heterocycles. The molecule has 0 amide bonds. The molecule has 1 fully saturated rings. The molecule has 1 N–H and O–H groups in total. The Morgan fingerprint density at radius 1 is 1.75 bits per heavy atom. The molecule has 1 saturated heterocycles. The second kappa shape index (κ2) is 2.82. The molecule has 0 radical (unpaired) electrons. The van der Waals surface area contributed by atoms with Crippen molar-refractivity contribution in [3.63, 3.8) is 0 Å². The Morgan fingerprint density at radius 2 is 2.58 bits per heavy atom. The zero-order valence-corrected chi connectivity index (χ0v) is 7.80. The lowest BCUT2D eigenvalue weighted by molar-refractivity contribution is 0.0205. The van der Waals surface area contributed by atoms with Crippen LogP contribution in [-0.2, 0) is 5.60 Å². The second-order valence-electron chi connectivity index (χ2n) is 3.16. The van der Waals surface area contributed by atoms with Crippen molar-refractivity contribution in [1.82, 2.24) is 0 Å². The SMILES string of the molecule is CC1SCCC1(O)c1ccco1. The van der Waals surface area contributed by atoms with Gasteiger partial charge in [-0.25, -0.2) is 0 Å². The normalized spacial score (nSPS) is 35.7. The molecule has 0 bridgehead atoms. The third-order valence-electron chi connectivity index (χ3n) is 2.47. The highest BCUT2D eigenvalue weighted by atomic mass is 32.2. The molecule has 0 saturated carbocycles.